The molecule has 3 aliphatic heterocycles. The number of rotatable bonds is 6. The molecule has 1 aromatic carbocycles. The molecule has 220 valence electrons. The van der Waals surface area contributed by atoms with Crippen LogP contribution in [0.25, 0.3) is 11.2 Å². The molecule has 1 unspecified atom stereocenters. The van der Waals surface area contributed by atoms with E-state index in [1.165, 1.54) is 18.4 Å². The van der Waals surface area contributed by atoms with Crippen LogP contribution in [0.2, 0.25) is 10.0 Å². The minimum Gasteiger partial charge on any atom is -0.483 e. The van der Waals surface area contributed by atoms with Crippen molar-refractivity contribution in [2.24, 2.45) is 11.8 Å². The number of carboxylic acid groups (broad SMARTS) is 1. The van der Waals surface area contributed by atoms with Crippen molar-refractivity contribution in [1.29, 1.82) is 0 Å². The van der Waals surface area contributed by atoms with Gasteiger partial charge in [0.2, 0.25) is 5.91 Å². The zero-order valence-corrected chi connectivity index (χ0v) is 24.7. The highest BCUT2D eigenvalue weighted by molar-refractivity contribution is 6.42. The van der Waals surface area contributed by atoms with E-state index in [-0.39, 0.29) is 18.3 Å². The van der Waals surface area contributed by atoms with Crippen molar-refractivity contribution in [3.8, 4) is 0 Å². The first-order valence-electron chi connectivity index (χ1n) is 14.4. The predicted octanol–water partition coefficient (Wildman–Crippen LogP) is 4.42. The SMILES string of the molecule is O=C(NCC1CCN(Cc2ccc(Cl)c(Cl)c2)CC1)C1CCCN(c2ncnc3c2nc2n3CCCC2)C1.O=CO. The summed E-state index contributed by atoms with van der Waals surface area (Å²) < 4.78 is 2.24. The van der Waals surface area contributed by atoms with Crippen molar-refractivity contribution >= 4 is 52.6 Å². The Morgan fingerprint density at radius 3 is 2.63 bits per heavy atom. The quantitative estimate of drug-likeness (QED) is 0.399. The Labute approximate surface area is 250 Å². The highest BCUT2D eigenvalue weighted by atomic mass is 35.5. The molecule has 3 aliphatic rings. The number of carbonyl (C=O) groups excluding carboxylic acids is 1. The molecule has 2 N–H and O–H groups in total. The maximum atomic E-state index is 13.2. The molecular formula is C29H37Cl2N7O3. The number of nitrogens with one attached hydrogen (secondary N) is 1. The van der Waals surface area contributed by atoms with Crippen LogP contribution in [0, 0.1) is 11.8 Å². The van der Waals surface area contributed by atoms with Gasteiger partial charge < -0.3 is 19.9 Å². The minimum absolute atomic E-state index is 0.0271. The van der Waals surface area contributed by atoms with E-state index in [0.29, 0.717) is 22.5 Å². The first-order chi connectivity index (χ1) is 20.0. The second-order valence-corrected chi connectivity index (χ2v) is 11.9. The number of carbonyl (C=O) groups is 2. The third-order valence-electron chi connectivity index (χ3n) is 8.38. The van der Waals surface area contributed by atoms with E-state index in [0.717, 1.165) is 94.2 Å². The zero-order chi connectivity index (χ0) is 28.8. The number of fused-ring (bicyclic) bond motifs is 3. The van der Waals surface area contributed by atoms with Crippen molar-refractivity contribution in [2.75, 3.05) is 37.6 Å². The number of aromatic nitrogens is 4. The fourth-order valence-electron chi connectivity index (χ4n) is 6.20. The van der Waals surface area contributed by atoms with E-state index < -0.39 is 0 Å². The van der Waals surface area contributed by atoms with Gasteiger partial charge in [0.25, 0.3) is 6.47 Å². The van der Waals surface area contributed by atoms with Gasteiger partial charge in [-0.2, -0.15) is 0 Å². The van der Waals surface area contributed by atoms with Crippen LogP contribution in [0.15, 0.2) is 24.5 Å². The number of imidazole rings is 1. The number of piperidine rings is 2. The lowest BCUT2D eigenvalue weighted by atomic mass is 9.94. The predicted molar refractivity (Wildman–Crippen MR) is 159 cm³/mol. The molecule has 12 heteroatoms. The van der Waals surface area contributed by atoms with Gasteiger partial charge in [-0.05, 0) is 75.2 Å². The van der Waals surface area contributed by atoms with Gasteiger partial charge in [0, 0.05) is 39.1 Å². The molecule has 0 spiro atoms. The Bertz CT molecular complexity index is 1360. The average molecular weight is 603 g/mol. The number of hydrogen-bond acceptors (Lipinski definition) is 7. The Balaban J connectivity index is 0.00000108. The Morgan fingerprint density at radius 1 is 1.05 bits per heavy atom. The fraction of sp³-hybridized carbons (Fsp3) is 0.552. The molecule has 0 aliphatic carbocycles. The van der Waals surface area contributed by atoms with Crippen molar-refractivity contribution in [3.63, 3.8) is 0 Å². The normalized spacial score (nSPS) is 19.8. The third-order valence-corrected chi connectivity index (χ3v) is 9.12. The minimum atomic E-state index is -0.250. The molecule has 0 saturated carbocycles. The molecule has 41 heavy (non-hydrogen) atoms. The van der Waals surface area contributed by atoms with Gasteiger partial charge in [-0.1, -0.05) is 29.3 Å². The van der Waals surface area contributed by atoms with Gasteiger partial charge in [0.05, 0.1) is 16.0 Å². The number of benzene rings is 1. The molecule has 0 radical (unpaired) electrons. The van der Waals surface area contributed by atoms with Crippen LogP contribution in [0.5, 0.6) is 0 Å². The van der Waals surface area contributed by atoms with E-state index in [2.05, 4.69) is 29.7 Å². The van der Waals surface area contributed by atoms with Crippen LogP contribution in [0.1, 0.15) is 49.9 Å². The second kappa shape index (κ2) is 13.8. The summed E-state index contributed by atoms with van der Waals surface area (Å²) in [5.74, 6) is 2.65. The summed E-state index contributed by atoms with van der Waals surface area (Å²) in [5.41, 5.74) is 3.00. The Morgan fingerprint density at radius 2 is 1.85 bits per heavy atom. The van der Waals surface area contributed by atoms with E-state index in [4.69, 9.17) is 38.1 Å². The van der Waals surface area contributed by atoms with Gasteiger partial charge >= 0.3 is 0 Å². The van der Waals surface area contributed by atoms with E-state index in [9.17, 15) is 4.79 Å². The summed E-state index contributed by atoms with van der Waals surface area (Å²) in [5, 5.41) is 11.4. The van der Waals surface area contributed by atoms with Crippen LogP contribution in [-0.4, -0.2) is 74.6 Å². The standard InChI is InChI=1S/C28H35Cl2N7O.CH2O2/c29-22-7-6-20(14-23(22)30)16-35-12-8-19(9-13-35)15-31-28(38)21-4-3-10-36(17-21)26-25-27(33-18-32-26)37-11-2-1-5-24(37)34-25;2-1-3/h6-7,14,18-19,21H,1-5,8-13,15-17H2,(H,31,38);1H,(H,2,3). The molecule has 1 atom stereocenters. The number of halogens is 2. The topological polar surface area (TPSA) is 116 Å². The molecule has 2 saturated heterocycles. The molecule has 2 aromatic heterocycles. The number of aryl methyl sites for hydroxylation is 2. The van der Waals surface area contributed by atoms with E-state index >= 15 is 0 Å². The van der Waals surface area contributed by atoms with Crippen LogP contribution < -0.4 is 10.2 Å². The number of amides is 1. The van der Waals surface area contributed by atoms with Crippen LogP contribution in [-0.2, 0) is 29.1 Å². The summed E-state index contributed by atoms with van der Waals surface area (Å²) >= 11 is 12.2. The molecule has 0 bridgehead atoms. The molecule has 5 heterocycles. The maximum Gasteiger partial charge on any atom is 0.290 e. The number of likely N-dealkylation sites (tertiary alicyclic amines) is 1. The largest absolute Gasteiger partial charge is 0.483 e. The van der Waals surface area contributed by atoms with Crippen LogP contribution in [0.4, 0.5) is 5.82 Å². The molecule has 6 rings (SSSR count). The fourth-order valence-corrected chi connectivity index (χ4v) is 6.52. The van der Waals surface area contributed by atoms with Gasteiger partial charge in [0.1, 0.15) is 12.2 Å². The summed E-state index contributed by atoms with van der Waals surface area (Å²) in [6, 6.07) is 5.86. The van der Waals surface area contributed by atoms with Crippen molar-refractivity contribution in [2.45, 2.75) is 58.0 Å². The first-order valence-corrected chi connectivity index (χ1v) is 15.2. The summed E-state index contributed by atoms with van der Waals surface area (Å²) in [6.07, 6.45) is 9.05. The van der Waals surface area contributed by atoms with E-state index in [1.807, 2.05) is 18.2 Å². The summed E-state index contributed by atoms with van der Waals surface area (Å²) in [4.78, 5) is 40.3. The van der Waals surface area contributed by atoms with E-state index in [1.54, 1.807) is 6.33 Å². The summed E-state index contributed by atoms with van der Waals surface area (Å²) in [6.45, 7) is 5.98. The second-order valence-electron chi connectivity index (χ2n) is 11.1. The average Bonchev–Trinajstić information content (AvgIpc) is 3.38. The van der Waals surface area contributed by atoms with Crippen LogP contribution in [0.3, 0.4) is 0 Å². The molecular weight excluding hydrogens is 565 g/mol. The van der Waals surface area contributed by atoms with Gasteiger partial charge in [-0.15, -0.1) is 0 Å². The third kappa shape index (κ3) is 7.10. The highest BCUT2D eigenvalue weighted by Crippen LogP contribution is 2.30. The smallest absolute Gasteiger partial charge is 0.290 e. The van der Waals surface area contributed by atoms with Crippen LogP contribution >= 0.6 is 23.2 Å². The lowest BCUT2D eigenvalue weighted by Gasteiger charge is -2.34. The zero-order valence-electron chi connectivity index (χ0n) is 23.1. The monoisotopic (exact) mass is 601 g/mol. The molecule has 1 amide bonds. The highest BCUT2D eigenvalue weighted by Gasteiger charge is 2.30. The van der Waals surface area contributed by atoms with Gasteiger partial charge in [-0.3, -0.25) is 14.5 Å². The molecule has 2 fully saturated rings. The first kappa shape index (κ1) is 29.5. The molecule has 10 nitrogen and oxygen atoms in total. The number of nitrogens with zero attached hydrogens (tertiary/aromatic N) is 6. The lowest BCUT2D eigenvalue weighted by Crippen LogP contribution is -2.45. The lowest BCUT2D eigenvalue weighted by molar-refractivity contribution is -0.125. The van der Waals surface area contributed by atoms with Crippen molar-refractivity contribution in [1.82, 2.24) is 29.7 Å². The summed E-state index contributed by atoms with van der Waals surface area (Å²) in [7, 11) is 0. The number of anilines is 1. The van der Waals surface area contributed by atoms with Gasteiger partial charge in [-0.25, -0.2) is 15.0 Å². The van der Waals surface area contributed by atoms with Crippen molar-refractivity contribution in [3.05, 3.63) is 46.0 Å². The van der Waals surface area contributed by atoms with Gasteiger partial charge in [0.15, 0.2) is 17.0 Å². The maximum absolute atomic E-state index is 13.2. The number of hydrogen-bond donors (Lipinski definition) is 2. The molecule has 3 aromatic rings. The Kier molecular flexibility index (Phi) is 9.95. The van der Waals surface area contributed by atoms with Crippen molar-refractivity contribution < 1.29 is 14.7 Å². The Hall–Kier alpha value is -2.95.